The standard InChI is InChI=1S/C14H20N2/c1-9-13-7-10-3-4-11(15)8-12(10)14(9,2)5-6-16-13/h3-4,8-9,13,16H,5-7,15H2,1-2H3/t9-,13-,14-/m1/s1. The number of nitrogens with two attached hydrogens (primary N) is 1. The van der Waals surface area contributed by atoms with Crippen molar-refractivity contribution in [2.45, 2.75) is 38.1 Å². The maximum absolute atomic E-state index is 5.94. The number of hydrogen-bond donors (Lipinski definition) is 2. The van der Waals surface area contributed by atoms with E-state index in [4.69, 9.17) is 5.73 Å². The number of hydrogen-bond acceptors (Lipinski definition) is 2. The van der Waals surface area contributed by atoms with E-state index in [0.29, 0.717) is 17.4 Å². The monoisotopic (exact) mass is 216 g/mol. The average molecular weight is 216 g/mol. The molecule has 1 saturated heterocycles. The van der Waals surface area contributed by atoms with Crippen molar-refractivity contribution in [2.75, 3.05) is 12.3 Å². The summed E-state index contributed by atoms with van der Waals surface area (Å²) in [5.41, 5.74) is 10.2. The number of piperidine rings is 1. The van der Waals surface area contributed by atoms with Crippen molar-refractivity contribution >= 4 is 5.69 Å². The van der Waals surface area contributed by atoms with Gasteiger partial charge in [0.15, 0.2) is 0 Å². The molecular weight excluding hydrogens is 196 g/mol. The van der Waals surface area contributed by atoms with Crippen LogP contribution in [0.5, 0.6) is 0 Å². The zero-order valence-corrected chi connectivity index (χ0v) is 10.1. The first kappa shape index (κ1) is 10.2. The molecule has 0 unspecified atom stereocenters. The van der Waals surface area contributed by atoms with E-state index in [1.54, 1.807) is 0 Å². The van der Waals surface area contributed by atoms with Gasteiger partial charge in [0.05, 0.1) is 0 Å². The molecule has 0 aromatic heterocycles. The van der Waals surface area contributed by atoms with E-state index < -0.39 is 0 Å². The van der Waals surface area contributed by atoms with Gasteiger partial charge < -0.3 is 11.1 Å². The molecule has 2 nitrogen and oxygen atoms in total. The van der Waals surface area contributed by atoms with Crippen molar-refractivity contribution in [3.05, 3.63) is 29.3 Å². The molecule has 86 valence electrons. The third kappa shape index (κ3) is 1.23. The Morgan fingerprint density at radius 1 is 1.44 bits per heavy atom. The summed E-state index contributed by atoms with van der Waals surface area (Å²) in [5.74, 6) is 0.704. The minimum absolute atomic E-state index is 0.318. The molecule has 0 radical (unpaired) electrons. The van der Waals surface area contributed by atoms with Gasteiger partial charge in [-0.2, -0.15) is 0 Å². The number of anilines is 1. The van der Waals surface area contributed by atoms with Crippen molar-refractivity contribution in [3.8, 4) is 0 Å². The first-order valence-electron chi connectivity index (χ1n) is 6.23. The molecule has 2 bridgehead atoms. The molecule has 1 fully saturated rings. The van der Waals surface area contributed by atoms with Crippen LogP contribution < -0.4 is 11.1 Å². The van der Waals surface area contributed by atoms with Gasteiger partial charge in [-0.25, -0.2) is 0 Å². The summed E-state index contributed by atoms with van der Waals surface area (Å²) < 4.78 is 0. The smallest absolute Gasteiger partial charge is 0.0317 e. The molecule has 3 rings (SSSR count). The fourth-order valence-electron chi connectivity index (χ4n) is 3.54. The van der Waals surface area contributed by atoms with E-state index in [1.165, 1.54) is 17.5 Å². The second-order valence-electron chi connectivity index (χ2n) is 5.64. The third-order valence-electron chi connectivity index (χ3n) is 4.85. The molecule has 2 heteroatoms. The highest BCUT2D eigenvalue weighted by atomic mass is 14.9. The Bertz CT molecular complexity index is 427. The van der Waals surface area contributed by atoms with Gasteiger partial charge in [-0.15, -0.1) is 0 Å². The SMILES string of the molecule is C[C@@H]1[C@H]2Cc3ccc(N)cc3[C@]1(C)CCN2. The van der Waals surface area contributed by atoms with Crippen molar-refractivity contribution in [3.63, 3.8) is 0 Å². The molecule has 1 aromatic rings. The van der Waals surface area contributed by atoms with Gasteiger partial charge in [-0.05, 0) is 54.0 Å². The lowest BCUT2D eigenvalue weighted by atomic mass is 9.59. The molecule has 1 heterocycles. The number of nitrogen functional groups attached to an aromatic ring is 1. The van der Waals surface area contributed by atoms with Gasteiger partial charge in [0.1, 0.15) is 0 Å². The van der Waals surface area contributed by atoms with Gasteiger partial charge >= 0.3 is 0 Å². The summed E-state index contributed by atoms with van der Waals surface area (Å²) in [6, 6.07) is 7.10. The van der Waals surface area contributed by atoms with E-state index in [2.05, 4.69) is 31.3 Å². The topological polar surface area (TPSA) is 38.0 Å². The first-order valence-corrected chi connectivity index (χ1v) is 6.23. The maximum atomic E-state index is 5.94. The van der Waals surface area contributed by atoms with Gasteiger partial charge in [-0.3, -0.25) is 0 Å². The lowest BCUT2D eigenvalue weighted by Crippen LogP contribution is -2.56. The van der Waals surface area contributed by atoms with Crippen LogP contribution in [0.4, 0.5) is 5.69 Å². The highest BCUT2D eigenvalue weighted by molar-refractivity contribution is 5.50. The van der Waals surface area contributed by atoms with Crippen LogP contribution >= 0.6 is 0 Å². The molecule has 1 aliphatic carbocycles. The number of benzene rings is 1. The largest absolute Gasteiger partial charge is 0.399 e. The van der Waals surface area contributed by atoms with Crippen molar-refractivity contribution in [1.82, 2.24) is 5.32 Å². The summed E-state index contributed by atoms with van der Waals surface area (Å²) in [6.45, 7) is 5.92. The Morgan fingerprint density at radius 2 is 2.25 bits per heavy atom. The van der Waals surface area contributed by atoms with Crippen LogP contribution in [-0.2, 0) is 11.8 Å². The quantitative estimate of drug-likeness (QED) is 0.652. The number of nitrogens with one attached hydrogen (secondary N) is 1. The minimum Gasteiger partial charge on any atom is -0.399 e. The van der Waals surface area contributed by atoms with Crippen LogP contribution in [0, 0.1) is 5.92 Å². The van der Waals surface area contributed by atoms with Gasteiger partial charge in [0.2, 0.25) is 0 Å². The van der Waals surface area contributed by atoms with E-state index in [1.807, 2.05) is 6.07 Å². The molecule has 16 heavy (non-hydrogen) atoms. The first-order chi connectivity index (χ1) is 7.61. The van der Waals surface area contributed by atoms with E-state index in [-0.39, 0.29) is 0 Å². The second kappa shape index (κ2) is 3.24. The Labute approximate surface area is 97.2 Å². The summed E-state index contributed by atoms with van der Waals surface area (Å²) in [6.07, 6.45) is 2.38. The fraction of sp³-hybridized carbons (Fsp3) is 0.571. The highest BCUT2D eigenvalue weighted by Crippen LogP contribution is 2.46. The molecule has 0 spiro atoms. The Kier molecular flexibility index (Phi) is 2.05. The molecule has 1 aliphatic heterocycles. The Hall–Kier alpha value is -1.02. The normalized spacial score (nSPS) is 36.9. The highest BCUT2D eigenvalue weighted by Gasteiger charge is 2.45. The third-order valence-corrected chi connectivity index (χ3v) is 4.85. The summed E-state index contributed by atoms with van der Waals surface area (Å²) in [4.78, 5) is 0. The number of rotatable bonds is 0. The van der Waals surface area contributed by atoms with Crippen LogP contribution in [0.3, 0.4) is 0 Å². The molecular formula is C14H20N2. The predicted octanol–water partition coefficient (Wildman–Crippen LogP) is 2.08. The fourth-order valence-corrected chi connectivity index (χ4v) is 3.54. The van der Waals surface area contributed by atoms with E-state index in [0.717, 1.165) is 18.7 Å². The lowest BCUT2D eigenvalue weighted by Gasteiger charge is -2.50. The van der Waals surface area contributed by atoms with Crippen molar-refractivity contribution in [1.29, 1.82) is 0 Å². The van der Waals surface area contributed by atoms with Crippen LogP contribution in [0.25, 0.3) is 0 Å². The van der Waals surface area contributed by atoms with E-state index >= 15 is 0 Å². The average Bonchev–Trinajstić information content (AvgIpc) is 2.25. The zero-order chi connectivity index (χ0) is 11.3. The summed E-state index contributed by atoms with van der Waals surface area (Å²) in [5, 5.41) is 3.65. The summed E-state index contributed by atoms with van der Waals surface area (Å²) >= 11 is 0. The zero-order valence-electron chi connectivity index (χ0n) is 10.1. The second-order valence-corrected chi connectivity index (χ2v) is 5.64. The molecule has 3 N–H and O–H groups in total. The maximum Gasteiger partial charge on any atom is 0.0317 e. The molecule has 0 saturated carbocycles. The van der Waals surface area contributed by atoms with Crippen LogP contribution in [0.2, 0.25) is 0 Å². The minimum atomic E-state index is 0.318. The summed E-state index contributed by atoms with van der Waals surface area (Å²) in [7, 11) is 0. The molecule has 3 atom stereocenters. The predicted molar refractivity (Wildman–Crippen MR) is 67.5 cm³/mol. The van der Waals surface area contributed by atoms with Crippen LogP contribution in [0.1, 0.15) is 31.4 Å². The van der Waals surface area contributed by atoms with Crippen molar-refractivity contribution < 1.29 is 0 Å². The van der Waals surface area contributed by atoms with E-state index in [9.17, 15) is 0 Å². The van der Waals surface area contributed by atoms with Crippen molar-refractivity contribution in [2.24, 2.45) is 5.92 Å². The Balaban J connectivity index is 2.18. The van der Waals surface area contributed by atoms with Crippen LogP contribution in [0.15, 0.2) is 18.2 Å². The van der Waals surface area contributed by atoms with Gasteiger partial charge in [-0.1, -0.05) is 19.9 Å². The van der Waals surface area contributed by atoms with Gasteiger partial charge in [0, 0.05) is 11.7 Å². The van der Waals surface area contributed by atoms with Crippen LogP contribution in [-0.4, -0.2) is 12.6 Å². The number of fused-ring (bicyclic) bond motifs is 4. The van der Waals surface area contributed by atoms with Gasteiger partial charge in [0.25, 0.3) is 0 Å². The molecule has 1 aromatic carbocycles. The molecule has 0 amide bonds. The Morgan fingerprint density at radius 3 is 3.06 bits per heavy atom. The molecule has 2 aliphatic rings. The lowest BCUT2D eigenvalue weighted by molar-refractivity contribution is 0.158.